The number of nitrogens with one attached hydrogen (secondary N) is 1. The molecule has 0 radical (unpaired) electrons. The summed E-state index contributed by atoms with van der Waals surface area (Å²) in [6.45, 7) is 7.27. The fourth-order valence-electron chi connectivity index (χ4n) is 2.87. The van der Waals surface area contributed by atoms with Crippen LogP contribution in [-0.2, 0) is 9.84 Å². The summed E-state index contributed by atoms with van der Waals surface area (Å²) < 4.78 is 23.0. The summed E-state index contributed by atoms with van der Waals surface area (Å²) in [6.07, 6.45) is 0.775. The van der Waals surface area contributed by atoms with Crippen molar-refractivity contribution in [2.75, 3.05) is 43.9 Å². The monoisotopic (exact) mass is 333 g/mol. The summed E-state index contributed by atoms with van der Waals surface area (Å²) in [5.41, 5.74) is 0. The Bertz CT molecular complexity index is 477. The highest BCUT2D eigenvalue weighted by Gasteiger charge is 2.29. The second-order valence-electron chi connectivity index (χ2n) is 6.30. The van der Waals surface area contributed by atoms with Crippen LogP contribution in [0.4, 0.5) is 0 Å². The standard InChI is InChI=1S/C14H27N3O2S2/c1-11(2)13-9-17(5-6-20-13)14(15-3)16-8-12-4-7-21(18,19)10-12/h11-13H,4-10H2,1-3H3,(H,15,16). The normalized spacial score (nSPS) is 29.9. The second-order valence-corrected chi connectivity index (χ2v) is 9.87. The van der Waals surface area contributed by atoms with Crippen LogP contribution in [0.3, 0.4) is 0 Å². The molecule has 0 aromatic rings. The fourth-order valence-corrected chi connectivity index (χ4v) is 6.03. The van der Waals surface area contributed by atoms with E-state index >= 15 is 0 Å². The lowest BCUT2D eigenvalue weighted by Crippen LogP contribution is -2.49. The molecule has 2 rings (SSSR count). The Morgan fingerprint density at radius 3 is 2.81 bits per heavy atom. The van der Waals surface area contributed by atoms with E-state index in [0.29, 0.717) is 29.2 Å². The van der Waals surface area contributed by atoms with Gasteiger partial charge in [-0.05, 0) is 18.3 Å². The Morgan fingerprint density at radius 1 is 1.48 bits per heavy atom. The lowest BCUT2D eigenvalue weighted by Gasteiger charge is -2.36. The third-order valence-corrected chi connectivity index (χ3v) is 7.60. The average molecular weight is 334 g/mol. The van der Waals surface area contributed by atoms with Gasteiger partial charge in [0, 0.05) is 37.7 Å². The number of hydrogen-bond donors (Lipinski definition) is 1. The first-order chi connectivity index (χ1) is 9.91. The van der Waals surface area contributed by atoms with Crippen molar-refractivity contribution in [3.63, 3.8) is 0 Å². The lowest BCUT2D eigenvalue weighted by molar-refractivity contribution is 0.377. The van der Waals surface area contributed by atoms with Crippen molar-refractivity contribution in [2.45, 2.75) is 25.5 Å². The van der Waals surface area contributed by atoms with Crippen LogP contribution >= 0.6 is 11.8 Å². The number of nitrogens with zero attached hydrogens (tertiary/aromatic N) is 2. The molecule has 0 saturated carbocycles. The molecular formula is C14H27N3O2S2. The van der Waals surface area contributed by atoms with Crippen LogP contribution in [0.1, 0.15) is 20.3 Å². The molecule has 0 aromatic heterocycles. The minimum Gasteiger partial charge on any atom is -0.356 e. The second kappa shape index (κ2) is 7.22. The summed E-state index contributed by atoms with van der Waals surface area (Å²) in [7, 11) is -0.986. The zero-order chi connectivity index (χ0) is 15.5. The molecule has 2 aliphatic heterocycles. The van der Waals surface area contributed by atoms with Gasteiger partial charge in [0.2, 0.25) is 0 Å². The van der Waals surface area contributed by atoms with Gasteiger partial charge >= 0.3 is 0 Å². The van der Waals surface area contributed by atoms with E-state index in [1.165, 1.54) is 0 Å². The van der Waals surface area contributed by atoms with E-state index in [2.05, 4.69) is 29.1 Å². The first kappa shape index (κ1) is 16.9. The molecule has 21 heavy (non-hydrogen) atoms. The number of sulfone groups is 1. The van der Waals surface area contributed by atoms with Gasteiger partial charge in [0.05, 0.1) is 11.5 Å². The van der Waals surface area contributed by atoms with E-state index in [-0.39, 0.29) is 5.92 Å². The van der Waals surface area contributed by atoms with Crippen molar-refractivity contribution < 1.29 is 8.42 Å². The molecule has 2 aliphatic rings. The minimum atomic E-state index is -2.79. The third-order valence-electron chi connectivity index (χ3n) is 4.22. The molecule has 2 fully saturated rings. The molecule has 2 saturated heterocycles. The molecule has 0 aliphatic carbocycles. The topological polar surface area (TPSA) is 61.8 Å². The molecule has 2 unspecified atom stereocenters. The Hall–Kier alpha value is -0.430. The molecular weight excluding hydrogens is 306 g/mol. The zero-order valence-electron chi connectivity index (χ0n) is 13.2. The maximum atomic E-state index is 11.5. The molecule has 0 bridgehead atoms. The lowest BCUT2D eigenvalue weighted by atomic mass is 10.1. The molecule has 5 nitrogen and oxygen atoms in total. The van der Waals surface area contributed by atoms with Crippen LogP contribution in [0.2, 0.25) is 0 Å². The molecule has 0 amide bonds. The quantitative estimate of drug-likeness (QED) is 0.618. The first-order valence-corrected chi connectivity index (χ1v) is 10.6. The van der Waals surface area contributed by atoms with Crippen molar-refractivity contribution in [2.24, 2.45) is 16.8 Å². The Balaban J connectivity index is 1.86. The first-order valence-electron chi connectivity index (χ1n) is 7.69. The van der Waals surface area contributed by atoms with Crippen LogP contribution in [0.15, 0.2) is 4.99 Å². The van der Waals surface area contributed by atoms with E-state index in [1.807, 2.05) is 11.8 Å². The summed E-state index contributed by atoms with van der Waals surface area (Å²) in [6, 6.07) is 0. The van der Waals surface area contributed by atoms with Crippen molar-refractivity contribution >= 4 is 27.6 Å². The predicted molar refractivity (Wildman–Crippen MR) is 90.8 cm³/mol. The van der Waals surface area contributed by atoms with E-state index in [1.54, 1.807) is 7.05 Å². The maximum absolute atomic E-state index is 11.5. The van der Waals surface area contributed by atoms with Gasteiger partial charge < -0.3 is 10.2 Å². The highest BCUT2D eigenvalue weighted by Crippen LogP contribution is 2.25. The van der Waals surface area contributed by atoms with Crippen molar-refractivity contribution in [1.29, 1.82) is 0 Å². The van der Waals surface area contributed by atoms with Crippen LogP contribution in [0.25, 0.3) is 0 Å². The van der Waals surface area contributed by atoms with Crippen LogP contribution in [0.5, 0.6) is 0 Å². The van der Waals surface area contributed by atoms with Crippen LogP contribution < -0.4 is 5.32 Å². The summed E-state index contributed by atoms with van der Waals surface area (Å²) in [4.78, 5) is 6.69. The van der Waals surface area contributed by atoms with Gasteiger partial charge in [0.15, 0.2) is 15.8 Å². The van der Waals surface area contributed by atoms with Crippen molar-refractivity contribution in [1.82, 2.24) is 10.2 Å². The number of thioether (sulfide) groups is 1. The summed E-state index contributed by atoms with van der Waals surface area (Å²) in [5.74, 6) is 3.60. The molecule has 122 valence electrons. The Kier molecular flexibility index (Phi) is 5.82. The molecule has 2 heterocycles. The van der Waals surface area contributed by atoms with Gasteiger partial charge in [-0.15, -0.1) is 0 Å². The van der Waals surface area contributed by atoms with E-state index < -0.39 is 9.84 Å². The van der Waals surface area contributed by atoms with E-state index in [4.69, 9.17) is 0 Å². The smallest absolute Gasteiger partial charge is 0.193 e. The Morgan fingerprint density at radius 2 is 2.24 bits per heavy atom. The molecule has 0 aromatic carbocycles. The van der Waals surface area contributed by atoms with Crippen LogP contribution in [-0.4, -0.2) is 68.5 Å². The molecule has 2 atom stereocenters. The Labute approximate surface area is 132 Å². The maximum Gasteiger partial charge on any atom is 0.193 e. The van der Waals surface area contributed by atoms with Gasteiger partial charge in [0.1, 0.15) is 0 Å². The van der Waals surface area contributed by atoms with Gasteiger partial charge in [-0.2, -0.15) is 11.8 Å². The number of aliphatic imine (C=N–C) groups is 1. The number of hydrogen-bond acceptors (Lipinski definition) is 4. The van der Waals surface area contributed by atoms with Gasteiger partial charge in [-0.25, -0.2) is 8.42 Å². The SMILES string of the molecule is CN=C(NCC1CCS(=O)(=O)C1)N1CCSC(C(C)C)C1. The number of rotatable bonds is 3. The molecule has 0 spiro atoms. The van der Waals surface area contributed by atoms with E-state index in [9.17, 15) is 8.42 Å². The predicted octanol–water partition coefficient (Wildman–Crippen LogP) is 1.07. The zero-order valence-corrected chi connectivity index (χ0v) is 14.8. The van der Waals surface area contributed by atoms with Crippen molar-refractivity contribution in [3.8, 4) is 0 Å². The van der Waals surface area contributed by atoms with E-state index in [0.717, 1.165) is 31.2 Å². The van der Waals surface area contributed by atoms with Gasteiger partial charge in [0.25, 0.3) is 0 Å². The fraction of sp³-hybridized carbons (Fsp3) is 0.929. The van der Waals surface area contributed by atoms with Crippen LogP contribution in [0, 0.1) is 11.8 Å². The summed E-state index contributed by atoms with van der Waals surface area (Å²) >= 11 is 2.04. The third kappa shape index (κ3) is 4.77. The van der Waals surface area contributed by atoms with Crippen molar-refractivity contribution in [3.05, 3.63) is 0 Å². The van der Waals surface area contributed by atoms with Gasteiger partial charge in [-0.3, -0.25) is 4.99 Å². The van der Waals surface area contributed by atoms with Gasteiger partial charge in [-0.1, -0.05) is 13.8 Å². The number of guanidine groups is 1. The highest BCUT2D eigenvalue weighted by atomic mass is 32.2. The molecule has 1 N–H and O–H groups in total. The summed E-state index contributed by atoms with van der Waals surface area (Å²) in [5, 5.41) is 4.02. The average Bonchev–Trinajstić information content (AvgIpc) is 2.79. The molecule has 7 heteroatoms. The minimum absolute atomic E-state index is 0.229. The highest BCUT2D eigenvalue weighted by molar-refractivity contribution is 8.00. The largest absolute Gasteiger partial charge is 0.356 e.